The van der Waals surface area contributed by atoms with Crippen molar-refractivity contribution >= 4 is 17.7 Å². The van der Waals surface area contributed by atoms with Crippen LogP contribution in [0.15, 0.2) is 30.3 Å². The van der Waals surface area contributed by atoms with Crippen molar-refractivity contribution in [3.8, 4) is 0 Å². The number of urea groups is 1. The summed E-state index contributed by atoms with van der Waals surface area (Å²) in [5, 5.41) is 8.91. The molecule has 2 rings (SSSR count). The number of aliphatic carboxylic acids is 1. The zero-order chi connectivity index (χ0) is 13.8. The first kappa shape index (κ1) is 13.4. The summed E-state index contributed by atoms with van der Waals surface area (Å²) in [5.74, 6) is -0.511. The number of benzene rings is 1. The van der Waals surface area contributed by atoms with Gasteiger partial charge in [0.25, 0.3) is 0 Å². The van der Waals surface area contributed by atoms with Gasteiger partial charge in [-0.15, -0.1) is 0 Å². The van der Waals surface area contributed by atoms with E-state index in [2.05, 4.69) is 0 Å². The molecule has 1 fully saturated rings. The van der Waals surface area contributed by atoms with Crippen LogP contribution in [0.1, 0.15) is 12.8 Å². The Morgan fingerprint density at radius 2 is 1.89 bits per heavy atom. The normalized spacial score (nSPS) is 13.9. The first-order valence-corrected chi connectivity index (χ1v) is 6.37. The molecule has 2 amide bonds. The van der Waals surface area contributed by atoms with Crippen molar-refractivity contribution in [3.63, 3.8) is 0 Å². The van der Waals surface area contributed by atoms with E-state index in [1.54, 1.807) is 7.05 Å². The minimum atomic E-state index is -0.976. The number of rotatable bonds is 5. The zero-order valence-corrected chi connectivity index (χ0v) is 11.0. The van der Waals surface area contributed by atoms with Crippen molar-refractivity contribution in [2.24, 2.45) is 5.92 Å². The number of anilines is 1. The van der Waals surface area contributed by atoms with Crippen molar-refractivity contribution in [2.75, 3.05) is 25.0 Å². The second-order valence-corrected chi connectivity index (χ2v) is 4.89. The lowest BCUT2D eigenvalue weighted by Gasteiger charge is -2.27. The lowest BCUT2D eigenvalue weighted by atomic mass is 10.3. The minimum Gasteiger partial charge on any atom is -0.480 e. The van der Waals surface area contributed by atoms with Crippen molar-refractivity contribution in [1.29, 1.82) is 0 Å². The molecular weight excluding hydrogens is 244 g/mol. The van der Waals surface area contributed by atoms with Gasteiger partial charge in [-0.1, -0.05) is 18.2 Å². The molecule has 0 bridgehead atoms. The lowest BCUT2D eigenvalue weighted by molar-refractivity contribution is -0.137. The molecule has 1 N–H and O–H groups in total. The standard InChI is InChI=1S/C14H18N2O3/c1-15(12-5-3-2-4-6-12)14(19)16(10-13(17)18)9-11-7-8-11/h2-6,11H,7-10H2,1H3,(H,17,18). The number of nitrogens with zero attached hydrogens (tertiary/aromatic N) is 2. The van der Waals surface area contributed by atoms with E-state index >= 15 is 0 Å². The second-order valence-electron chi connectivity index (χ2n) is 4.89. The van der Waals surface area contributed by atoms with Gasteiger partial charge in [0, 0.05) is 19.3 Å². The van der Waals surface area contributed by atoms with Crippen LogP contribution in [0.5, 0.6) is 0 Å². The average Bonchev–Trinajstić information content (AvgIpc) is 3.21. The van der Waals surface area contributed by atoms with Gasteiger partial charge in [-0.25, -0.2) is 4.79 Å². The number of para-hydroxylation sites is 1. The SMILES string of the molecule is CN(C(=O)N(CC(=O)O)CC1CC1)c1ccccc1. The number of amides is 2. The number of carbonyl (C=O) groups excluding carboxylic acids is 1. The molecule has 0 radical (unpaired) electrons. The maximum Gasteiger partial charge on any atom is 0.324 e. The fraction of sp³-hybridized carbons (Fsp3) is 0.429. The molecule has 1 aliphatic carbocycles. The molecule has 0 aliphatic heterocycles. The van der Waals surface area contributed by atoms with Gasteiger partial charge in [0.15, 0.2) is 0 Å². The smallest absolute Gasteiger partial charge is 0.324 e. The Morgan fingerprint density at radius 3 is 2.42 bits per heavy atom. The molecule has 5 nitrogen and oxygen atoms in total. The topological polar surface area (TPSA) is 60.9 Å². The second kappa shape index (κ2) is 5.73. The van der Waals surface area contributed by atoms with E-state index < -0.39 is 5.97 Å². The Kier molecular flexibility index (Phi) is 4.04. The minimum absolute atomic E-state index is 0.244. The zero-order valence-electron chi connectivity index (χ0n) is 11.0. The molecule has 1 aliphatic rings. The van der Waals surface area contributed by atoms with Crippen LogP contribution in [0.3, 0.4) is 0 Å². The third-order valence-corrected chi connectivity index (χ3v) is 3.20. The highest BCUT2D eigenvalue weighted by Gasteiger charge is 2.29. The van der Waals surface area contributed by atoms with E-state index in [1.165, 1.54) is 9.80 Å². The van der Waals surface area contributed by atoms with Crippen LogP contribution in [-0.4, -0.2) is 42.1 Å². The van der Waals surface area contributed by atoms with Gasteiger partial charge in [0.05, 0.1) is 0 Å². The molecule has 5 heteroatoms. The van der Waals surface area contributed by atoms with Crippen LogP contribution < -0.4 is 4.90 Å². The Bertz CT molecular complexity index is 457. The molecule has 0 aromatic heterocycles. The predicted molar refractivity (Wildman–Crippen MR) is 72.2 cm³/mol. The fourth-order valence-corrected chi connectivity index (χ4v) is 1.96. The summed E-state index contributed by atoms with van der Waals surface area (Å²) in [7, 11) is 1.67. The highest BCUT2D eigenvalue weighted by Crippen LogP contribution is 2.30. The summed E-state index contributed by atoms with van der Waals surface area (Å²) in [6, 6.07) is 8.96. The van der Waals surface area contributed by atoms with Crippen molar-refractivity contribution in [3.05, 3.63) is 30.3 Å². The number of carbonyl (C=O) groups is 2. The largest absolute Gasteiger partial charge is 0.480 e. The molecule has 0 spiro atoms. The summed E-state index contributed by atoms with van der Waals surface area (Å²) >= 11 is 0. The van der Waals surface area contributed by atoms with E-state index in [9.17, 15) is 9.59 Å². The molecule has 0 heterocycles. The maximum absolute atomic E-state index is 12.3. The van der Waals surface area contributed by atoms with E-state index in [0.717, 1.165) is 18.5 Å². The molecule has 0 saturated heterocycles. The monoisotopic (exact) mass is 262 g/mol. The van der Waals surface area contributed by atoms with Crippen LogP contribution in [0.4, 0.5) is 10.5 Å². The van der Waals surface area contributed by atoms with Gasteiger partial charge in [0.2, 0.25) is 0 Å². The first-order chi connectivity index (χ1) is 9.08. The Morgan fingerprint density at radius 1 is 1.26 bits per heavy atom. The van der Waals surface area contributed by atoms with E-state index in [0.29, 0.717) is 12.5 Å². The molecule has 19 heavy (non-hydrogen) atoms. The van der Waals surface area contributed by atoms with Crippen LogP contribution in [0, 0.1) is 5.92 Å². The number of carboxylic acids is 1. The third kappa shape index (κ3) is 3.71. The van der Waals surface area contributed by atoms with Crippen molar-refractivity contribution in [1.82, 2.24) is 4.90 Å². The predicted octanol–water partition coefficient (Wildman–Crippen LogP) is 2.04. The molecule has 1 saturated carbocycles. The molecule has 1 aromatic carbocycles. The Balaban J connectivity index is 2.06. The Hall–Kier alpha value is -2.04. The summed E-state index contributed by atoms with van der Waals surface area (Å²) in [6.45, 7) is 0.287. The number of carboxylic acid groups (broad SMARTS) is 1. The van der Waals surface area contributed by atoms with Crippen LogP contribution >= 0.6 is 0 Å². The first-order valence-electron chi connectivity index (χ1n) is 6.37. The van der Waals surface area contributed by atoms with Crippen LogP contribution in [0.2, 0.25) is 0 Å². The summed E-state index contributed by atoms with van der Waals surface area (Å²) in [4.78, 5) is 26.1. The fourth-order valence-electron chi connectivity index (χ4n) is 1.96. The van der Waals surface area contributed by atoms with E-state index in [1.807, 2.05) is 30.3 Å². The van der Waals surface area contributed by atoms with Gasteiger partial charge in [-0.3, -0.25) is 9.69 Å². The lowest BCUT2D eigenvalue weighted by Crippen LogP contribution is -2.44. The summed E-state index contributed by atoms with van der Waals surface area (Å²) in [5.41, 5.74) is 0.763. The van der Waals surface area contributed by atoms with Crippen molar-refractivity contribution < 1.29 is 14.7 Å². The summed E-state index contributed by atoms with van der Waals surface area (Å²) in [6.07, 6.45) is 2.16. The molecular formula is C14H18N2O3. The summed E-state index contributed by atoms with van der Waals surface area (Å²) < 4.78 is 0. The highest BCUT2D eigenvalue weighted by molar-refractivity contribution is 5.93. The van der Waals surface area contributed by atoms with Gasteiger partial charge < -0.3 is 10.0 Å². The van der Waals surface area contributed by atoms with Crippen molar-refractivity contribution in [2.45, 2.75) is 12.8 Å². The van der Waals surface area contributed by atoms with Gasteiger partial charge in [-0.05, 0) is 30.9 Å². The number of hydrogen-bond donors (Lipinski definition) is 1. The molecule has 0 atom stereocenters. The van der Waals surface area contributed by atoms with Gasteiger partial charge in [0.1, 0.15) is 6.54 Å². The maximum atomic E-state index is 12.3. The van der Waals surface area contributed by atoms with E-state index in [4.69, 9.17) is 5.11 Å². The molecule has 0 unspecified atom stereocenters. The molecule has 102 valence electrons. The van der Waals surface area contributed by atoms with Crippen LogP contribution in [0.25, 0.3) is 0 Å². The third-order valence-electron chi connectivity index (χ3n) is 3.20. The van der Waals surface area contributed by atoms with E-state index in [-0.39, 0.29) is 12.6 Å². The quantitative estimate of drug-likeness (QED) is 0.883. The van der Waals surface area contributed by atoms with Gasteiger partial charge in [-0.2, -0.15) is 0 Å². The average molecular weight is 262 g/mol. The highest BCUT2D eigenvalue weighted by atomic mass is 16.4. The Labute approximate surface area is 112 Å². The van der Waals surface area contributed by atoms with Gasteiger partial charge >= 0.3 is 12.0 Å². The van der Waals surface area contributed by atoms with Crippen LogP contribution in [-0.2, 0) is 4.79 Å². The number of hydrogen-bond acceptors (Lipinski definition) is 2. The molecule has 1 aromatic rings.